The van der Waals surface area contributed by atoms with Gasteiger partial charge < -0.3 is 5.32 Å². The Labute approximate surface area is 73.1 Å². The van der Waals surface area contributed by atoms with E-state index in [1.165, 1.54) is 11.1 Å². The molecule has 0 aliphatic carbocycles. The van der Waals surface area contributed by atoms with Crippen molar-refractivity contribution in [2.75, 3.05) is 0 Å². The third-order valence-electron chi connectivity index (χ3n) is 2.34. The summed E-state index contributed by atoms with van der Waals surface area (Å²) in [4.78, 5) is 0. The van der Waals surface area contributed by atoms with Crippen LogP contribution in [0.25, 0.3) is 6.08 Å². The Balaban J connectivity index is 2.60. The average molecular weight is 159 g/mol. The quantitative estimate of drug-likeness (QED) is 0.613. The lowest BCUT2D eigenvalue weighted by Gasteiger charge is -2.30. The van der Waals surface area contributed by atoms with Crippen LogP contribution in [0.5, 0.6) is 0 Å². The number of benzene rings is 1. The summed E-state index contributed by atoms with van der Waals surface area (Å²) < 4.78 is 0. The zero-order valence-corrected chi connectivity index (χ0v) is 7.46. The standard InChI is InChI=1S/C11H13N/c1-11(2)10-6-4-3-5-9(10)7-8-12-11/h3-8,12H,1-2H3. The van der Waals surface area contributed by atoms with Gasteiger partial charge in [0.15, 0.2) is 0 Å². The second-order valence-electron chi connectivity index (χ2n) is 3.69. The molecule has 12 heavy (non-hydrogen) atoms. The van der Waals surface area contributed by atoms with Crippen molar-refractivity contribution in [1.82, 2.24) is 5.32 Å². The summed E-state index contributed by atoms with van der Waals surface area (Å²) in [6.45, 7) is 4.38. The molecule has 0 spiro atoms. The molecule has 0 unspecified atom stereocenters. The molecule has 0 radical (unpaired) electrons. The Hall–Kier alpha value is -1.24. The van der Waals surface area contributed by atoms with Gasteiger partial charge in [0.1, 0.15) is 0 Å². The van der Waals surface area contributed by atoms with E-state index in [-0.39, 0.29) is 5.54 Å². The molecule has 1 aromatic rings. The van der Waals surface area contributed by atoms with E-state index in [1.807, 2.05) is 6.20 Å². The maximum Gasteiger partial charge on any atom is 0.0569 e. The minimum absolute atomic E-state index is 0.0747. The Morgan fingerprint density at radius 3 is 2.67 bits per heavy atom. The molecule has 1 aliphatic rings. The van der Waals surface area contributed by atoms with E-state index in [1.54, 1.807) is 0 Å². The lowest BCUT2D eigenvalue weighted by Crippen LogP contribution is -2.35. The highest BCUT2D eigenvalue weighted by atomic mass is 14.9. The van der Waals surface area contributed by atoms with Gasteiger partial charge in [0.2, 0.25) is 0 Å². The fourth-order valence-electron chi connectivity index (χ4n) is 1.63. The van der Waals surface area contributed by atoms with Crippen LogP contribution in [0.4, 0.5) is 0 Å². The van der Waals surface area contributed by atoms with E-state index in [0.29, 0.717) is 0 Å². The largest absolute Gasteiger partial charge is 0.382 e. The van der Waals surface area contributed by atoms with Crippen LogP contribution in [0.3, 0.4) is 0 Å². The van der Waals surface area contributed by atoms with E-state index in [0.717, 1.165) is 0 Å². The molecule has 0 fully saturated rings. The second-order valence-corrected chi connectivity index (χ2v) is 3.69. The van der Waals surface area contributed by atoms with Gasteiger partial charge in [-0.2, -0.15) is 0 Å². The van der Waals surface area contributed by atoms with Crippen molar-refractivity contribution in [1.29, 1.82) is 0 Å². The van der Waals surface area contributed by atoms with Gasteiger partial charge in [0, 0.05) is 0 Å². The molecule has 1 nitrogen and oxygen atoms in total. The van der Waals surface area contributed by atoms with Crippen LogP contribution in [0.15, 0.2) is 30.5 Å². The SMILES string of the molecule is CC1(C)NC=Cc2ccccc21. The predicted octanol–water partition coefficient (Wildman–Crippen LogP) is 2.50. The van der Waals surface area contributed by atoms with Gasteiger partial charge in [0.25, 0.3) is 0 Å². The fourth-order valence-corrected chi connectivity index (χ4v) is 1.63. The predicted molar refractivity (Wildman–Crippen MR) is 51.6 cm³/mol. The Morgan fingerprint density at radius 1 is 1.17 bits per heavy atom. The molecule has 0 saturated heterocycles. The molecular formula is C11H13N. The highest BCUT2D eigenvalue weighted by Crippen LogP contribution is 2.27. The van der Waals surface area contributed by atoms with E-state index < -0.39 is 0 Å². The monoisotopic (exact) mass is 159 g/mol. The molecular weight excluding hydrogens is 146 g/mol. The van der Waals surface area contributed by atoms with Crippen molar-refractivity contribution < 1.29 is 0 Å². The van der Waals surface area contributed by atoms with Crippen molar-refractivity contribution in [3.05, 3.63) is 41.6 Å². The average Bonchev–Trinajstić information content (AvgIpc) is 2.04. The van der Waals surface area contributed by atoms with Crippen molar-refractivity contribution in [2.45, 2.75) is 19.4 Å². The van der Waals surface area contributed by atoms with Crippen LogP contribution in [0.1, 0.15) is 25.0 Å². The van der Waals surface area contributed by atoms with Crippen LogP contribution in [-0.4, -0.2) is 0 Å². The van der Waals surface area contributed by atoms with Gasteiger partial charge in [-0.15, -0.1) is 0 Å². The molecule has 2 rings (SSSR count). The topological polar surface area (TPSA) is 12.0 Å². The van der Waals surface area contributed by atoms with Crippen LogP contribution in [-0.2, 0) is 5.54 Å². The highest BCUT2D eigenvalue weighted by Gasteiger charge is 2.22. The van der Waals surface area contributed by atoms with Crippen LogP contribution < -0.4 is 5.32 Å². The number of hydrogen-bond acceptors (Lipinski definition) is 1. The van der Waals surface area contributed by atoms with E-state index in [4.69, 9.17) is 0 Å². The van der Waals surface area contributed by atoms with E-state index >= 15 is 0 Å². The van der Waals surface area contributed by atoms with Gasteiger partial charge in [0.05, 0.1) is 5.54 Å². The third kappa shape index (κ3) is 1.02. The summed E-state index contributed by atoms with van der Waals surface area (Å²) in [7, 11) is 0. The van der Waals surface area contributed by atoms with Crippen molar-refractivity contribution in [3.63, 3.8) is 0 Å². The molecule has 0 amide bonds. The summed E-state index contributed by atoms with van der Waals surface area (Å²) >= 11 is 0. The van der Waals surface area contributed by atoms with Crippen LogP contribution in [0.2, 0.25) is 0 Å². The molecule has 62 valence electrons. The van der Waals surface area contributed by atoms with Crippen LogP contribution >= 0.6 is 0 Å². The number of fused-ring (bicyclic) bond motifs is 1. The van der Waals surface area contributed by atoms with Crippen molar-refractivity contribution in [3.8, 4) is 0 Å². The van der Waals surface area contributed by atoms with Gasteiger partial charge in [-0.3, -0.25) is 0 Å². The molecule has 1 heterocycles. The summed E-state index contributed by atoms with van der Waals surface area (Å²) in [5.74, 6) is 0. The fraction of sp³-hybridized carbons (Fsp3) is 0.273. The maximum absolute atomic E-state index is 3.33. The first-order chi connectivity index (χ1) is 5.70. The molecule has 0 aromatic heterocycles. The molecule has 1 aromatic carbocycles. The zero-order chi connectivity index (χ0) is 8.60. The molecule has 0 bridgehead atoms. The van der Waals surface area contributed by atoms with Gasteiger partial charge in [-0.25, -0.2) is 0 Å². The summed E-state index contributed by atoms with van der Waals surface area (Å²) in [5.41, 5.74) is 2.76. The first kappa shape index (κ1) is 7.41. The molecule has 1 heteroatoms. The first-order valence-electron chi connectivity index (χ1n) is 4.24. The molecule has 1 aliphatic heterocycles. The maximum atomic E-state index is 3.33. The van der Waals surface area contributed by atoms with E-state index in [9.17, 15) is 0 Å². The normalized spacial score (nSPS) is 18.2. The number of rotatable bonds is 0. The first-order valence-corrected chi connectivity index (χ1v) is 4.24. The summed E-state index contributed by atoms with van der Waals surface area (Å²) in [6.07, 6.45) is 4.13. The minimum Gasteiger partial charge on any atom is -0.382 e. The van der Waals surface area contributed by atoms with Gasteiger partial charge in [-0.1, -0.05) is 24.3 Å². The second kappa shape index (κ2) is 2.37. The summed E-state index contributed by atoms with van der Waals surface area (Å²) in [5, 5.41) is 3.33. The molecule has 1 N–H and O–H groups in total. The van der Waals surface area contributed by atoms with E-state index in [2.05, 4.69) is 49.5 Å². The minimum atomic E-state index is 0.0747. The lowest BCUT2D eigenvalue weighted by molar-refractivity contribution is 0.461. The van der Waals surface area contributed by atoms with Crippen molar-refractivity contribution in [2.24, 2.45) is 0 Å². The molecule has 0 saturated carbocycles. The Morgan fingerprint density at radius 2 is 1.92 bits per heavy atom. The number of nitrogens with one attached hydrogen (secondary N) is 1. The zero-order valence-electron chi connectivity index (χ0n) is 7.46. The van der Waals surface area contributed by atoms with Gasteiger partial charge in [-0.05, 0) is 37.3 Å². The summed E-state index contributed by atoms with van der Waals surface area (Å²) in [6, 6.07) is 8.48. The van der Waals surface area contributed by atoms with Gasteiger partial charge >= 0.3 is 0 Å². The number of hydrogen-bond donors (Lipinski definition) is 1. The highest BCUT2D eigenvalue weighted by molar-refractivity contribution is 5.58. The van der Waals surface area contributed by atoms with Crippen LogP contribution in [0, 0.1) is 0 Å². The third-order valence-corrected chi connectivity index (χ3v) is 2.34. The molecule has 0 atom stereocenters. The Kier molecular flexibility index (Phi) is 1.47. The lowest BCUT2D eigenvalue weighted by atomic mass is 9.88. The Bertz CT molecular complexity index is 324. The van der Waals surface area contributed by atoms with Crippen molar-refractivity contribution >= 4 is 6.08 Å². The smallest absolute Gasteiger partial charge is 0.0569 e.